The van der Waals surface area contributed by atoms with Crippen LogP contribution in [-0.2, 0) is 27.9 Å². The van der Waals surface area contributed by atoms with Crippen molar-refractivity contribution in [2.75, 3.05) is 40.9 Å². The van der Waals surface area contributed by atoms with Crippen LogP contribution in [0.2, 0.25) is 0 Å². The SMILES string of the molecule is CC/C=C\C/C=C\C/C=C\C/C=C\C/C=C\CCCCCC(=O)NC(COP(=O)([O-])OCC[N+](C)(C)C)C(/C=C/CCCCCCCCCCC)OC(=O)CCCCCCCCCCC/C=C/CCCCCCCC. The first-order chi connectivity index (χ1) is 36.4. The number of nitrogens with zero attached hydrogens (tertiary/aromatic N) is 1. The van der Waals surface area contributed by atoms with Gasteiger partial charge in [0.25, 0.3) is 7.82 Å². The van der Waals surface area contributed by atoms with E-state index in [0.29, 0.717) is 17.4 Å². The quantitative estimate of drug-likeness (QED) is 0.0212. The molecule has 0 aromatic carbocycles. The van der Waals surface area contributed by atoms with Gasteiger partial charge in [-0.3, -0.25) is 14.2 Å². The molecule has 0 aliphatic carbocycles. The molecule has 3 atom stereocenters. The summed E-state index contributed by atoms with van der Waals surface area (Å²) in [5.41, 5.74) is 0. The maximum absolute atomic E-state index is 13.5. The van der Waals surface area contributed by atoms with E-state index < -0.39 is 26.6 Å². The molecule has 0 radical (unpaired) electrons. The third-order valence-electron chi connectivity index (χ3n) is 13.3. The largest absolute Gasteiger partial charge is 0.756 e. The zero-order valence-electron chi connectivity index (χ0n) is 49.5. The van der Waals surface area contributed by atoms with Gasteiger partial charge in [-0.15, -0.1) is 0 Å². The van der Waals surface area contributed by atoms with Crippen LogP contribution in [0.3, 0.4) is 0 Å². The predicted molar refractivity (Wildman–Crippen MR) is 321 cm³/mol. The smallest absolute Gasteiger partial charge is 0.306 e. The summed E-state index contributed by atoms with van der Waals surface area (Å²) in [4.78, 5) is 39.9. The summed E-state index contributed by atoms with van der Waals surface area (Å²) in [6, 6.07) is -0.910. The van der Waals surface area contributed by atoms with Crippen molar-refractivity contribution < 1.29 is 37.3 Å². The van der Waals surface area contributed by atoms with Gasteiger partial charge in [0.05, 0.1) is 33.8 Å². The summed E-state index contributed by atoms with van der Waals surface area (Å²) in [5, 5.41) is 3.01. The van der Waals surface area contributed by atoms with Gasteiger partial charge in [0.2, 0.25) is 5.91 Å². The van der Waals surface area contributed by atoms with Crippen molar-refractivity contribution in [1.82, 2.24) is 5.32 Å². The minimum atomic E-state index is -4.71. The van der Waals surface area contributed by atoms with Crippen molar-refractivity contribution >= 4 is 19.7 Å². The van der Waals surface area contributed by atoms with Gasteiger partial charge in [-0.2, -0.15) is 0 Å². The van der Waals surface area contributed by atoms with Gasteiger partial charge in [0.15, 0.2) is 0 Å². The number of carbonyl (C=O) groups excluding carboxylic acids is 2. The Morgan fingerprint density at radius 1 is 0.480 bits per heavy atom. The third-order valence-corrected chi connectivity index (χ3v) is 14.3. The zero-order chi connectivity index (χ0) is 55.0. The molecule has 3 unspecified atom stereocenters. The van der Waals surface area contributed by atoms with E-state index in [9.17, 15) is 19.0 Å². The van der Waals surface area contributed by atoms with Crippen LogP contribution in [0.15, 0.2) is 85.1 Å². The second-order valence-electron chi connectivity index (χ2n) is 21.8. The molecule has 75 heavy (non-hydrogen) atoms. The van der Waals surface area contributed by atoms with Crippen molar-refractivity contribution in [3.05, 3.63) is 85.1 Å². The number of rotatable bonds is 55. The molecule has 1 N–H and O–H groups in total. The standard InChI is InChI=1S/C65H117N2O7P/c1-7-10-13-16-19-22-25-27-29-31-33-35-37-39-42-45-48-51-54-57-64(68)66-62(61-73-75(70,71)72-60-59-67(4,5)6)63(56-53-50-47-44-41-24-21-18-15-12-9-3)74-65(69)58-55-52-49-46-43-40-38-36-34-32-30-28-26-23-20-17-14-11-8-2/h10,13,19,22,27-30,33,35,39,42,53,56,62-63H,7-9,11-12,14-18,20-21,23-26,31-32,34,36-38,40-41,43-52,54-55,57-61H2,1-6H3,(H-,66,68,70,71)/b13-10-,22-19-,29-27-,30-28+,35-33-,42-39-,56-53+. The molecule has 0 spiro atoms. The van der Waals surface area contributed by atoms with Gasteiger partial charge >= 0.3 is 5.97 Å². The summed E-state index contributed by atoms with van der Waals surface area (Å²) in [7, 11) is 1.15. The minimum absolute atomic E-state index is 0.0325. The fraction of sp³-hybridized carbons (Fsp3) is 0.754. The lowest BCUT2D eigenvalue weighted by Crippen LogP contribution is -2.47. The number of nitrogens with one attached hydrogen (secondary N) is 1. The lowest BCUT2D eigenvalue weighted by atomic mass is 10.0. The molecule has 0 fully saturated rings. The maximum Gasteiger partial charge on any atom is 0.306 e. The number of unbranched alkanes of at least 4 members (excludes halogenated alkanes) is 27. The highest BCUT2D eigenvalue weighted by atomic mass is 31.2. The molecular formula is C65H117N2O7P. The van der Waals surface area contributed by atoms with E-state index in [1.54, 1.807) is 0 Å². The van der Waals surface area contributed by atoms with Crippen molar-refractivity contribution in [1.29, 1.82) is 0 Å². The highest BCUT2D eigenvalue weighted by Crippen LogP contribution is 2.38. The number of hydrogen-bond donors (Lipinski definition) is 1. The monoisotopic (exact) mass is 1070 g/mol. The average Bonchev–Trinajstić information content (AvgIpc) is 3.37. The van der Waals surface area contributed by atoms with Crippen molar-refractivity contribution in [2.45, 2.75) is 277 Å². The van der Waals surface area contributed by atoms with Crippen LogP contribution in [0.5, 0.6) is 0 Å². The Labute approximate surface area is 463 Å². The summed E-state index contributed by atoms with van der Waals surface area (Å²) in [6.45, 7) is 6.69. The number of phosphoric acid groups is 1. The first-order valence-corrected chi connectivity index (χ1v) is 32.4. The first-order valence-electron chi connectivity index (χ1n) is 30.9. The second-order valence-corrected chi connectivity index (χ2v) is 23.2. The zero-order valence-corrected chi connectivity index (χ0v) is 50.4. The van der Waals surface area contributed by atoms with Gasteiger partial charge in [0, 0.05) is 12.8 Å². The molecule has 0 aromatic heterocycles. The molecular weight excluding hydrogens is 952 g/mol. The van der Waals surface area contributed by atoms with E-state index in [0.717, 1.165) is 89.9 Å². The Kier molecular flexibility index (Phi) is 52.5. The molecule has 434 valence electrons. The Morgan fingerprint density at radius 3 is 1.31 bits per heavy atom. The van der Waals surface area contributed by atoms with E-state index in [4.69, 9.17) is 13.8 Å². The van der Waals surface area contributed by atoms with E-state index in [-0.39, 0.29) is 31.3 Å². The van der Waals surface area contributed by atoms with Crippen LogP contribution in [0.1, 0.15) is 265 Å². The summed E-state index contributed by atoms with van der Waals surface area (Å²) in [5.74, 6) is -0.582. The number of esters is 1. The number of amides is 1. The van der Waals surface area contributed by atoms with Gasteiger partial charge in [-0.05, 0) is 102 Å². The Balaban J connectivity index is 5.29. The van der Waals surface area contributed by atoms with Gasteiger partial charge in [-0.1, -0.05) is 235 Å². The summed E-state index contributed by atoms with van der Waals surface area (Å²) in [6.07, 6.45) is 71.2. The number of hydrogen-bond acceptors (Lipinski definition) is 7. The first kappa shape index (κ1) is 72.2. The van der Waals surface area contributed by atoms with E-state index in [2.05, 4.69) is 99.0 Å². The number of phosphoric ester groups is 1. The van der Waals surface area contributed by atoms with Crippen LogP contribution >= 0.6 is 7.82 Å². The molecule has 0 heterocycles. The normalized spacial score (nSPS) is 14.3. The van der Waals surface area contributed by atoms with Crippen molar-refractivity contribution in [3.63, 3.8) is 0 Å². The molecule has 0 aliphatic rings. The fourth-order valence-corrected chi connectivity index (χ4v) is 9.27. The highest BCUT2D eigenvalue weighted by molar-refractivity contribution is 7.45. The lowest BCUT2D eigenvalue weighted by Gasteiger charge is -2.30. The van der Waals surface area contributed by atoms with Crippen LogP contribution in [0, 0.1) is 0 Å². The molecule has 0 aliphatic heterocycles. The third kappa shape index (κ3) is 55.7. The van der Waals surface area contributed by atoms with Gasteiger partial charge < -0.3 is 28.5 Å². The van der Waals surface area contributed by atoms with Gasteiger partial charge in [0.1, 0.15) is 19.3 Å². The van der Waals surface area contributed by atoms with Crippen LogP contribution in [0.4, 0.5) is 0 Å². The average molecular weight is 1070 g/mol. The van der Waals surface area contributed by atoms with Crippen LogP contribution in [-0.4, -0.2) is 69.4 Å². The van der Waals surface area contributed by atoms with E-state index >= 15 is 0 Å². The topological polar surface area (TPSA) is 114 Å². The number of ether oxygens (including phenoxy) is 1. The summed E-state index contributed by atoms with van der Waals surface area (Å²) < 4.78 is 30.3. The highest BCUT2D eigenvalue weighted by Gasteiger charge is 2.27. The van der Waals surface area contributed by atoms with Crippen molar-refractivity contribution in [3.8, 4) is 0 Å². The molecule has 10 heteroatoms. The number of likely N-dealkylation sites (N-methyl/N-ethyl adjacent to an activating group) is 1. The summed E-state index contributed by atoms with van der Waals surface area (Å²) >= 11 is 0. The molecule has 0 aromatic rings. The molecule has 0 rings (SSSR count). The molecule has 0 bridgehead atoms. The Morgan fingerprint density at radius 2 is 0.853 bits per heavy atom. The van der Waals surface area contributed by atoms with Crippen LogP contribution in [0.25, 0.3) is 0 Å². The maximum atomic E-state index is 13.5. The molecule has 0 saturated heterocycles. The van der Waals surface area contributed by atoms with Crippen LogP contribution < -0.4 is 10.2 Å². The molecule has 1 amide bonds. The van der Waals surface area contributed by atoms with Gasteiger partial charge in [-0.25, -0.2) is 0 Å². The predicted octanol–water partition coefficient (Wildman–Crippen LogP) is 18.4. The number of quaternary nitrogens is 1. The lowest BCUT2D eigenvalue weighted by molar-refractivity contribution is -0.870. The Hall–Kier alpha value is -2.81. The number of allylic oxidation sites excluding steroid dienone is 13. The number of carbonyl (C=O) groups is 2. The second kappa shape index (κ2) is 54.5. The fourth-order valence-electron chi connectivity index (χ4n) is 8.54. The molecule has 0 saturated carbocycles. The van der Waals surface area contributed by atoms with E-state index in [1.807, 2.05) is 33.3 Å². The Bertz CT molecular complexity index is 1560. The molecule has 9 nitrogen and oxygen atoms in total. The minimum Gasteiger partial charge on any atom is -0.756 e. The van der Waals surface area contributed by atoms with Crippen molar-refractivity contribution in [2.24, 2.45) is 0 Å². The van der Waals surface area contributed by atoms with E-state index in [1.165, 1.54) is 135 Å².